The van der Waals surface area contributed by atoms with Crippen molar-refractivity contribution < 1.29 is 13.7 Å². The Morgan fingerprint density at radius 1 is 1.43 bits per heavy atom. The molecule has 0 aliphatic heterocycles. The van der Waals surface area contributed by atoms with Crippen molar-refractivity contribution in [1.29, 1.82) is 5.26 Å². The number of ether oxygens (including phenoxy) is 1. The van der Waals surface area contributed by atoms with E-state index in [0.717, 1.165) is 0 Å². The number of hydrogen-bond donors (Lipinski definition) is 1. The van der Waals surface area contributed by atoms with Crippen molar-refractivity contribution in [2.24, 2.45) is 0 Å². The molecule has 0 radical (unpaired) electrons. The molecule has 0 aliphatic rings. The van der Waals surface area contributed by atoms with E-state index >= 15 is 0 Å². The molecule has 0 aliphatic carbocycles. The van der Waals surface area contributed by atoms with Crippen molar-refractivity contribution >= 4 is 23.0 Å². The van der Waals surface area contributed by atoms with E-state index in [2.05, 4.69) is 10.8 Å². The quantitative estimate of drug-likeness (QED) is 0.641. The predicted octanol–water partition coefficient (Wildman–Crippen LogP) is 2.88. The highest BCUT2D eigenvalue weighted by Crippen LogP contribution is 2.21. The summed E-state index contributed by atoms with van der Waals surface area (Å²) in [6.07, 6.45) is 2.91. The van der Waals surface area contributed by atoms with E-state index in [1.807, 2.05) is 26.8 Å². The van der Waals surface area contributed by atoms with E-state index in [1.54, 1.807) is 31.2 Å². The van der Waals surface area contributed by atoms with Gasteiger partial charge in [-0.3, -0.25) is 0 Å². The largest absolute Gasteiger partial charge is 0.463 e. The molecule has 0 aromatic heterocycles. The van der Waals surface area contributed by atoms with Gasteiger partial charge in [0, 0.05) is 6.08 Å². The Morgan fingerprint density at radius 3 is 2.65 bits per heavy atom. The van der Waals surface area contributed by atoms with Crippen LogP contribution >= 0.6 is 0 Å². The van der Waals surface area contributed by atoms with Crippen LogP contribution in [0, 0.1) is 11.3 Å². The fraction of sp³-hybridized carbons (Fsp3) is 0.412. The lowest BCUT2D eigenvalue weighted by Crippen LogP contribution is -2.35. The Morgan fingerprint density at radius 2 is 2.09 bits per heavy atom. The van der Waals surface area contributed by atoms with Crippen molar-refractivity contribution in [2.75, 3.05) is 6.61 Å². The third kappa shape index (κ3) is 5.97. The monoisotopic (exact) mass is 334 g/mol. The smallest absolute Gasteiger partial charge is 0.330 e. The zero-order valence-corrected chi connectivity index (χ0v) is 14.6. The first-order valence-corrected chi connectivity index (χ1v) is 8.46. The van der Waals surface area contributed by atoms with Gasteiger partial charge in [0.05, 0.1) is 28.4 Å². The summed E-state index contributed by atoms with van der Waals surface area (Å²) in [6.45, 7) is 7.53. The van der Waals surface area contributed by atoms with Crippen molar-refractivity contribution in [3.8, 4) is 6.07 Å². The van der Waals surface area contributed by atoms with Gasteiger partial charge in [-0.2, -0.15) is 5.26 Å². The van der Waals surface area contributed by atoms with Gasteiger partial charge < -0.3 is 4.74 Å². The number of rotatable bonds is 6. The van der Waals surface area contributed by atoms with E-state index in [4.69, 9.17) is 4.74 Å². The molecule has 0 amide bonds. The number of benzene rings is 1. The highest BCUT2D eigenvalue weighted by molar-refractivity contribution is 7.84. The molecule has 23 heavy (non-hydrogen) atoms. The minimum absolute atomic E-state index is 0.303. The van der Waals surface area contributed by atoms with Crippen molar-refractivity contribution in [3.63, 3.8) is 0 Å². The highest BCUT2D eigenvalue weighted by Gasteiger charge is 2.24. The van der Waals surface area contributed by atoms with Gasteiger partial charge in [0.2, 0.25) is 0 Å². The molecule has 1 N–H and O–H groups in total. The summed E-state index contributed by atoms with van der Waals surface area (Å²) in [4.78, 5) is 11.4. The molecule has 0 bridgehead atoms. The molecule has 1 aromatic carbocycles. The Labute approximate surface area is 139 Å². The van der Waals surface area contributed by atoms with E-state index in [-0.39, 0.29) is 0 Å². The summed E-state index contributed by atoms with van der Waals surface area (Å²) >= 11 is 0. The van der Waals surface area contributed by atoms with Crippen LogP contribution in [-0.2, 0) is 20.5 Å². The second-order valence-corrected chi connectivity index (χ2v) is 7.77. The maximum absolute atomic E-state index is 12.2. The van der Waals surface area contributed by atoms with Crippen LogP contribution in [0.1, 0.15) is 44.9 Å². The summed E-state index contributed by atoms with van der Waals surface area (Å²) in [6, 6.07) is 8.54. The number of nitrogens with zero attached hydrogens (tertiary/aromatic N) is 1. The Balaban J connectivity index is 3.04. The maximum Gasteiger partial charge on any atom is 0.330 e. The van der Waals surface area contributed by atoms with Gasteiger partial charge in [0.15, 0.2) is 0 Å². The first kappa shape index (κ1) is 19.1. The number of nitriles is 1. The van der Waals surface area contributed by atoms with Crippen LogP contribution in [0.3, 0.4) is 0 Å². The van der Waals surface area contributed by atoms with Crippen LogP contribution in [0.4, 0.5) is 0 Å². The summed E-state index contributed by atoms with van der Waals surface area (Å²) in [5.74, 6) is -0.443. The standard InChI is InChI=1S/C17H22N2O3S/c1-5-22-16(20)11-10-13-8-6-7-9-14(13)15(12-18)19-23(21)17(2,3)4/h6-11,15,19H,5H2,1-4H3/b11-10+/t15-,23?/m0/s1. The second kappa shape index (κ2) is 8.61. The van der Waals surface area contributed by atoms with Crippen molar-refractivity contribution in [3.05, 3.63) is 41.5 Å². The van der Waals surface area contributed by atoms with Crippen LogP contribution in [-0.4, -0.2) is 21.5 Å². The van der Waals surface area contributed by atoms with Gasteiger partial charge in [-0.1, -0.05) is 24.3 Å². The molecular weight excluding hydrogens is 312 g/mol. The molecule has 124 valence electrons. The predicted molar refractivity (Wildman–Crippen MR) is 91.5 cm³/mol. The van der Waals surface area contributed by atoms with E-state index in [0.29, 0.717) is 17.7 Å². The molecule has 5 nitrogen and oxygen atoms in total. The summed E-state index contributed by atoms with van der Waals surface area (Å²) in [7, 11) is -1.38. The third-order valence-corrected chi connectivity index (χ3v) is 4.46. The van der Waals surface area contributed by atoms with E-state index in [1.165, 1.54) is 6.08 Å². The SMILES string of the molecule is CCOC(=O)/C=C/c1ccccc1[C@H](C#N)NS(=O)C(C)(C)C. The van der Waals surface area contributed by atoms with Crippen molar-refractivity contribution in [2.45, 2.75) is 38.5 Å². The first-order chi connectivity index (χ1) is 10.8. The van der Waals surface area contributed by atoms with Gasteiger partial charge in [0.25, 0.3) is 0 Å². The second-order valence-electron chi connectivity index (χ2n) is 5.78. The Kier molecular flexibility index (Phi) is 7.14. The minimum Gasteiger partial charge on any atom is -0.463 e. The average Bonchev–Trinajstić information content (AvgIpc) is 2.50. The number of nitrogens with one attached hydrogen (secondary N) is 1. The van der Waals surface area contributed by atoms with Gasteiger partial charge in [-0.15, -0.1) is 0 Å². The lowest BCUT2D eigenvalue weighted by atomic mass is 10.0. The first-order valence-electron chi connectivity index (χ1n) is 7.31. The zero-order chi connectivity index (χ0) is 17.5. The molecule has 0 saturated carbocycles. The summed E-state index contributed by atoms with van der Waals surface area (Å²) in [5.41, 5.74) is 1.36. The van der Waals surface area contributed by atoms with Gasteiger partial charge in [-0.05, 0) is 44.9 Å². The van der Waals surface area contributed by atoms with Crippen LogP contribution < -0.4 is 4.72 Å². The number of carbonyl (C=O) groups excluding carboxylic acids is 1. The molecular formula is C17H22N2O3S. The molecule has 0 spiro atoms. The molecule has 0 heterocycles. The molecule has 2 atom stereocenters. The maximum atomic E-state index is 12.2. The lowest BCUT2D eigenvalue weighted by molar-refractivity contribution is -0.137. The van der Waals surface area contributed by atoms with Crippen LogP contribution in [0.15, 0.2) is 30.3 Å². The fourth-order valence-corrected chi connectivity index (χ4v) is 2.46. The average molecular weight is 334 g/mol. The molecule has 0 saturated heterocycles. The zero-order valence-electron chi connectivity index (χ0n) is 13.8. The van der Waals surface area contributed by atoms with E-state index < -0.39 is 27.7 Å². The highest BCUT2D eigenvalue weighted by atomic mass is 32.2. The van der Waals surface area contributed by atoms with E-state index in [9.17, 15) is 14.3 Å². The third-order valence-electron chi connectivity index (χ3n) is 2.90. The molecule has 6 heteroatoms. The molecule has 1 rings (SSSR count). The molecule has 1 unspecified atom stereocenters. The Bertz CT molecular complexity index is 642. The van der Waals surface area contributed by atoms with Crippen LogP contribution in [0.5, 0.6) is 0 Å². The lowest BCUT2D eigenvalue weighted by Gasteiger charge is -2.21. The van der Waals surface area contributed by atoms with Crippen LogP contribution in [0.2, 0.25) is 0 Å². The fourth-order valence-electron chi connectivity index (χ4n) is 1.72. The topological polar surface area (TPSA) is 79.2 Å². The van der Waals surface area contributed by atoms with Gasteiger partial charge >= 0.3 is 5.97 Å². The van der Waals surface area contributed by atoms with Crippen molar-refractivity contribution in [1.82, 2.24) is 4.72 Å². The molecule has 1 aromatic rings. The number of hydrogen-bond acceptors (Lipinski definition) is 4. The number of esters is 1. The normalized spacial score (nSPS) is 14.2. The van der Waals surface area contributed by atoms with Gasteiger partial charge in [0.1, 0.15) is 6.04 Å². The Hall–Kier alpha value is -1.97. The number of carbonyl (C=O) groups is 1. The molecule has 0 fully saturated rings. The van der Waals surface area contributed by atoms with Gasteiger partial charge in [-0.25, -0.2) is 13.7 Å². The van der Waals surface area contributed by atoms with Crippen LogP contribution in [0.25, 0.3) is 6.08 Å². The summed E-state index contributed by atoms with van der Waals surface area (Å²) < 4.78 is 19.4. The minimum atomic E-state index is -1.38. The summed E-state index contributed by atoms with van der Waals surface area (Å²) in [5, 5.41) is 9.42.